The average Bonchev–Trinajstić information content (AvgIpc) is 3.31. The summed E-state index contributed by atoms with van der Waals surface area (Å²) in [5.74, 6) is 1.71. The number of aryl methyl sites for hydroxylation is 3. The van der Waals surface area contributed by atoms with Gasteiger partial charge in [-0.2, -0.15) is 0 Å². The van der Waals surface area contributed by atoms with Crippen molar-refractivity contribution in [3.8, 4) is 22.3 Å². The Balaban J connectivity index is 1.82. The molecular formula is C20H16N4OS. The highest BCUT2D eigenvalue weighted by atomic mass is 32.1. The van der Waals surface area contributed by atoms with Crippen molar-refractivity contribution >= 4 is 32.6 Å². The fourth-order valence-electron chi connectivity index (χ4n) is 3.53. The van der Waals surface area contributed by atoms with E-state index in [1.54, 1.807) is 11.3 Å². The Kier molecular flexibility index (Phi) is 3.24. The van der Waals surface area contributed by atoms with Crippen LogP contribution in [0.15, 0.2) is 40.4 Å². The molecule has 0 aliphatic heterocycles. The molecule has 0 bridgehead atoms. The summed E-state index contributed by atoms with van der Waals surface area (Å²) in [5, 5.41) is 4.10. The number of H-pyrrole nitrogens is 1. The predicted molar refractivity (Wildman–Crippen MR) is 104 cm³/mol. The molecular weight excluding hydrogens is 344 g/mol. The van der Waals surface area contributed by atoms with E-state index in [-0.39, 0.29) is 0 Å². The fraction of sp³-hybridized carbons (Fsp3) is 0.150. The number of imidazole rings is 1. The maximum Gasteiger partial charge on any atom is 0.141 e. The molecule has 1 N–H and O–H groups in total. The molecule has 0 unspecified atom stereocenters. The van der Waals surface area contributed by atoms with Gasteiger partial charge in [-0.15, -0.1) is 11.3 Å². The van der Waals surface area contributed by atoms with Gasteiger partial charge in [0.05, 0.1) is 32.5 Å². The lowest BCUT2D eigenvalue weighted by Gasteiger charge is -2.08. The SMILES string of the molecule is Cc1nc2c(-c3ccc4scnc4c3)cc(-c3c(C)noc3C)cc2[nH]1. The zero-order valence-corrected chi connectivity index (χ0v) is 15.4. The molecule has 2 aromatic carbocycles. The molecule has 26 heavy (non-hydrogen) atoms. The van der Waals surface area contributed by atoms with Crippen LogP contribution in [0.5, 0.6) is 0 Å². The van der Waals surface area contributed by atoms with Crippen LogP contribution in [0, 0.1) is 20.8 Å². The molecule has 0 saturated heterocycles. The lowest BCUT2D eigenvalue weighted by atomic mass is 9.96. The quantitative estimate of drug-likeness (QED) is 0.456. The van der Waals surface area contributed by atoms with Gasteiger partial charge in [0, 0.05) is 11.1 Å². The molecule has 6 heteroatoms. The topological polar surface area (TPSA) is 67.6 Å². The molecule has 5 nitrogen and oxygen atoms in total. The van der Waals surface area contributed by atoms with Crippen LogP contribution < -0.4 is 0 Å². The van der Waals surface area contributed by atoms with Crippen LogP contribution in [0.25, 0.3) is 43.5 Å². The van der Waals surface area contributed by atoms with Crippen molar-refractivity contribution in [2.24, 2.45) is 0 Å². The highest BCUT2D eigenvalue weighted by Crippen LogP contribution is 2.36. The van der Waals surface area contributed by atoms with E-state index < -0.39 is 0 Å². The second-order valence-electron chi connectivity index (χ2n) is 6.48. The molecule has 0 spiro atoms. The molecule has 3 heterocycles. The van der Waals surface area contributed by atoms with Crippen LogP contribution in [-0.4, -0.2) is 20.1 Å². The summed E-state index contributed by atoms with van der Waals surface area (Å²) in [6.07, 6.45) is 0. The molecule has 0 fully saturated rings. The number of aromatic amines is 1. The van der Waals surface area contributed by atoms with Crippen LogP contribution in [-0.2, 0) is 0 Å². The monoisotopic (exact) mass is 360 g/mol. The van der Waals surface area contributed by atoms with Crippen molar-refractivity contribution in [2.75, 3.05) is 0 Å². The number of benzene rings is 2. The van der Waals surface area contributed by atoms with E-state index in [0.29, 0.717) is 0 Å². The largest absolute Gasteiger partial charge is 0.361 e. The Morgan fingerprint density at radius 1 is 1.04 bits per heavy atom. The fourth-order valence-corrected chi connectivity index (χ4v) is 4.18. The van der Waals surface area contributed by atoms with E-state index in [0.717, 1.165) is 56.1 Å². The summed E-state index contributed by atoms with van der Waals surface area (Å²) in [7, 11) is 0. The van der Waals surface area contributed by atoms with E-state index in [1.165, 1.54) is 4.70 Å². The van der Waals surface area contributed by atoms with Crippen molar-refractivity contribution in [2.45, 2.75) is 20.8 Å². The zero-order valence-electron chi connectivity index (χ0n) is 14.6. The van der Waals surface area contributed by atoms with Gasteiger partial charge >= 0.3 is 0 Å². The summed E-state index contributed by atoms with van der Waals surface area (Å²) >= 11 is 1.65. The summed E-state index contributed by atoms with van der Waals surface area (Å²) < 4.78 is 6.56. The Bertz CT molecular complexity index is 1260. The first-order valence-corrected chi connectivity index (χ1v) is 9.25. The minimum absolute atomic E-state index is 0.819. The van der Waals surface area contributed by atoms with Gasteiger partial charge in [-0.25, -0.2) is 9.97 Å². The van der Waals surface area contributed by atoms with E-state index in [1.807, 2.05) is 26.3 Å². The first-order valence-electron chi connectivity index (χ1n) is 8.37. The van der Waals surface area contributed by atoms with Crippen molar-refractivity contribution in [1.82, 2.24) is 20.1 Å². The minimum atomic E-state index is 0.819. The summed E-state index contributed by atoms with van der Waals surface area (Å²) in [4.78, 5) is 12.5. The van der Waals surface area contributed by atoms with Crippen LogP contribution >= 0.6 is 11.3 Å². The average molecular weight is 360 g/mol. The standard InChI is InChI=1S/C20H16N4OS/c1-10-19(11(2)25-24-10)14-6-15(20-17(8-14)22-12(3)23-20)13-4-5-18-16(7-13)21-9-26-18/h4-9H,1-3H3,(H,22,23). The number of fused-ring (bicyclic) bond motifs is 2. The molecule has 0 aliphatic carbocycles. The van der Waals surface area contributed by atoms with Gasteiger partial charge in [-0.05, 0) is 56.2 Å². The second kappa shape index (κ2) is 5.51. The number of nitrogens with zero attached hydrogens (tertiary/aromatic N) is 3. The van der Waals surface area contributed by atoms with E-state index in [2.05, 4.69) is 45.5 Å². The molecule has 0 atom stereocenters. The summed E-state index contributed by atoms with van der Waals surface area (Å²) in [5.41, 5.74) is 10.0. The maximum atomic E-state index is 5.38. The van der Waals surface area contributed by atoms with Gasteiger partial charge in [0.15, 0.2) is 0 Å². The Labute approximate surface area is 153 Å². The Morgan fingerprint density at radius 2 is 1.92 bits per heavy atom. The third-order valence-electron chi connectivity index (χ3n) is 4.67. The number of hydrogen-bond acceptors (Lipinski definition) is 5. The Hall–Kier alpha value is -2.99. The Morgan fingerprint density at radius 3 is 2.73 bits per heavy atom. The van der Waals surface area contributed by atoms with Gasteiger partial charge < -0.3 is 9.51 Å². The van der Waals surface area contributed by atoms with Crippen LogP contribution in [0.3, 0.4) is 0 Å². The lowest BCUT2D eigenvalue weighted by Crippen LogP contribution is -1.87. The van der Waals surface area contributed by atoms with Gasteiger partial charge in [0.2, 0.25) is 0 Å². The normalized spacial score (nSPS) is 11.7. The second-order valence-corrected chi connectivity index (χ2v) is 7.36. The van der Waals surface area contributed by atoms with Gasteiger partial charge in [-0.1, -0.05) is 11.2 Å². The molecule has 5 aromatic rings. The number of hydrogen-bond donors (Lipinski definition) is 1. The first-order chi connectivity index (χ1) is 12.6. The summed E-state index contributed by atoms with van der Waals surface area (Å²) in [6.45, 7) is 5.89. The third kappa shape index (κ3) is 2.26. The lowest BCUT2D eigenvalue weighted by molar-refractivity contribution is 0.393. The highest BCUT2D eigenvalue weighted by molar-refractivity contribution is 7.16. The smallest absolute Gasteiger partial charge is 0.141 e. The molecule has 0 saturated carbocycles. The van der Waals surface area contributed by atoms with Crippen molar-refractivity contribution in [1.29, 1.82) is 0 Å². The van der Waals surface area contributed by atoms with E-state index in [9.17, 15) is 0 Å². The number of rotatable bonds is 2. The van der Waals surface area contributed by atoms with Crippen molar-refractivity contribution in [3.05, 3.63) is 53.1 Å². The number of thiazole rings is 1. The molecule has 3 aromatic heterocycles. The van der Waals surface area contributed by atoms with Crippen LogP contribution in [0.4, 0.5) is 0 Å². The van der Waals surface area contributed by atoms with E-state index >= 15 is 0 Å². The molecule has 0 aliphatic rings. The molecule has 128 valence electrons. The third-order valence-corrected chi connectivity index (χ3v) is 5.48. The van der Waals surface area contributed by atoms with Crippen LogP contribution in [0.2, 0.25) is 0 Å². The minimum Gasteiger partial charge on any atom is -0.361 e. The maximum absolute atomic E-state index is 5.38. The van der Waals surface area contributed by atoms with Gasteiger partial charge in [0.25, 0.3) is 0 Å². The van der Waals surface area contributed by atoms with Crippen LogP contribution in [0.1, 0.15) is 17.3 Å². The highest BCUT2D eigenvalue weighted by Gasteiger charge is 2.17. The molecule has 0 radical (unpaired) electrons. The molecule has 5 rings (SSSR count). The van der Waals surface area contributed by atoms with Crippen molar-refractivity contribution in [3.63, 3.8) is 0 Å². The zero-order chi connectivity index (χ0) is 17.8. The first kappa shape index (κ1) is 15.3. The number of nitrogens with one attached hydrogen (secondary N) is 1. The van der Waals surface area contributed by atoms with Crippen molar-refractivity contribution < 1.29 is 4.52 Å². The van der Waals surface area contributed by atoms with Gasteiger partial charge in [0.1, 0.15) is 11.6 Å². The number of aromatic nitrogens is 4. The van der Waals surface area contributed by atoms with E-state index in [4.69, 9.17) is 9.51 Å². The predicted octanol–water partition coefficient (Wildman–Crippen LogP) is 5.42. The molecule has 0 amide bonds. The van der Waals surface area contributed by atoms with Gasteiger partial charge in [-0.3, -0.25) is 0 Å². The summed E-state index contributed by atoms with van der Waals surface area (Å²) in [6, 6.07) is 10.7.